The van der Waals surface area contributed by atoms with E-state index < -0.39 is 0 Å². The van der Waals surface area contributed by atoms with Crippen LogP contribution >= 0.6 is 11.3 Å². The number of thiazole rings is 1. The van der Waals surface area contributed by atoms with Crippen LogP contribution in [0.4, 0.5) is 0 Å². The lowest BCUT2D eigenvalue weighted by Gasteiger charge is -2.25. The van der Waals surface area contributed by atoms with Gasteiger partial charge in [-0.05, 0) is 45.4 Å². The Kier molecular flexibility index (Phi) is 3.42. The van der Waals surface area contributed by atoms with E-state index in [1.54, 1.807) is 0 Å². The molecule has 1 aliphatic carbocycles. The van der Waals surface area contributed by atoms with Gasteiger partial charge in [0.05, 0.1) is 10.7 Å². The van der Waals surface area contributed by atoms with E-state index in [4.69, 9.17) is 5.73 Å². The Morgan fingerprint density at radius 3 is 2.47 bits per heavy atom. The van der Waals surface area contributed by atoms with Gasteiger partial charge in [0.25, 0.3) is 0 Å². The molecule has 0 aliphatic heterocycles. The predicted octanol–water partition coefficient (Wildman–Crippen LogP) is 2.82. The fourth-order valence-corrected chi connectivity index (χ4v) is 3.31. The summed E-state index contributed by atoms with van der Waals surface area (Å²) in [6, 6.07) is 0.459. The molecule has 3 heteroatoms. The Morgan fingerprint density at radius 2 is 1.93 bits per heavy atom. The van der Waals surface area contributed by atoms with Gasteiger partial charge in [0.1, 0.15) is 0 Å². The molecule has 1 aromatic heterocycles. The number of hydrogen-bond donors (Lipinski definition) is 1. The molecule has 0 spiro atoms. The summed E-state index contributed by atoms with van der Waals surface area (Å²) in [5.41, 5.74) is 7.12. The van der Waals surface area contributed by atoms with Gasteiger partial charge < -0.3 is 5.73 Å². The van der Waals surface area contributed by atoms with Crippen LogP contribution in [0.5, 0.6) is 0 Å². The summed E-state index contributed by atoms with van der Waals surface area (Å²) in [6.45, 7) is 4.26. The van der Waals surface area contributed by atoms with Crippen molar-refractivity contribution in [3.8, 4) is 0 Å². The lowest BCUT2D eigenvalue weighted by molar-refractivity contribution is 0.324. The SMILES string of the molecule is Cc1nc(CC2CCC(N)CC2)sc1C. The Balaban J connectivity index is 1.91. The van der Waals surface area contributed by atoms with E-state index in [1.807, 2.05) is 11.3 Å². The molecule has 1 heterocycles. The minimum atomic E-state index is 0.459. The first kappa shape index (κ1) is 11.1. The maximum Gasteiger partial charge on any atom is 0.0933 e. The molecule has 2 nitrogen and oxygen atoms in total. The highest BCUT2D eigenvalue weighted by atomic mass is 32.1. The molecule has 0 unspecified atom stereocenters. The Hall–Kier alpha value is -0.410. The largest absolute Gasteiger partial charge is 0.328 e. The number of aryl methyl sites for hydroxylation is 2. The lowest BCUT2D eigenvalue weighted by atomic mass is 9.85. The molecular weight excluding hydrogens is 204 g/mol. The van der Waals surface area contributed by atoms with E-state index in [0.717, 1.165) is 5.92 Å². The van der Waals surface area contributed by atoms with Gasteiger partial charge in [-0.15, -0.1) is 11.3 Å². The summed E-state index contributed by atoms with van der Waals surface area (Å²) >= 11 is 1.87. The van der Waals surface area contributed by atoms with Gasteiger partial charge in [-0.2, -0.15) is 0 Å². The highest BCUT2D eigenvalue weighted by Crippen LogP contribution is 2.28. The van der Waals surface area contributed by atoms with Crippen LogP contribution < -0.4 is 5.73 Å². The summed E-state index contributed by atoms with van der Waals surface area (Å²) in [5.74, 6) is 0.828. The van der Waals surface area contributed by atoms with Gasteiger partial charge in [-0.1, -0.05) is 0 Å². The predicted molar refractivity (Wildman–Crippen MR) is 65.2 cm³/mol. The third kappa shape index (κ3) is 2.79. The molecule has 2 rings (SSSR count). The second kappa shape index (κ2) is 4.62. The minimum absolute atomic E-state index is 0.459. The van der Waals surface area contributed by atoms with E-state index in [9.17, 15) is 0 Å². The fraction of sp³-hybridized carbons (Fsp3) is 0.750. The number of rotatable bonds is 2. The van der Waals surface area contributed by atoms with Gasteiger partial charge >= 0.3 is 0 Å². The Bertz CT molecular complexity index is 305. The molecule has 0 bridgehead atoms. The average Bonchev–Trinajstić information content (AvgIpc) is 2.50. The van der Waals surface area contributed by atoms with Crippen LogP contribution in [-0.4, -0.2) is 11.0 Å². The van der Waals surface area contributed by atoms with E-state index in [2.05, 4.69) is 18.8 Å². The molecule has 2 N–H and O–H groups in total. The minimum Gasteiger partial charge on any atom is -0.328 e. The second-order valence-electron chi connectivity index (χ2n) is 4.73. The summed E-state index contributed by atoms with van der Waals surface area (Å²) in [5, 5.41) is 1.32. The fourth-order valence-electron chi connectivity index (χ4n) is 2.27. The highest BCUT2D eigenvalue weighted by Gasteiger charge is 2.20. The number of nitrogens with two attached hydrogens (primary N) is 1. The van der Waals surface area contributed by atoms with Gasteiger partial charge in [0, 0.05) is 17.3 Å². The standard InChI is InChI=1S/C12H20N2S/c1-8-9(2)15-12(14-8)7-10-3-5-11(13)6-4-10/h10-11H,3-7,13H2,1-2H3. The van der Waals surface area contributed by atoms with Crippen LogP contribution in [0.25, 0.3) is 0 Å². The topological polar surface area (TPSA) is 38.9 Å². The van der Waals surface area contributed by atoms with Crippen molar-refractivity contribution in [2.24, 2.45) is 11.7 Å². The second-order valence-corrected chi connectivity index (χ2v) is 6.02. The zero-order valence-corrected chi connectivity index (χ0v) is 10.4. The van der Waals surface area contributed by atoms with Gasteiger partial charge in [-0.3, -0.25) is 0 Å². The van der Waals surface area contributed by atoms with Crippen molar-refractivity contribution in [1.29, 1.82) is 0 Å². The summed E-state index contributed by atoms with van der Waals surface area (Å²) in [4.78, 5) is 5.98. The molecular formula is C12H20N2S. The molecule has 1 aromatic rings. The molecule has 0 radical (unpaired) electrons. The van der Waals surface area contributed by atoms with Crippen molar-refractivity contribution >= 4 is 11.3 Å². The Labute approximate surface area is 95.9 Å². The first-order valence-electron chi connectivity index (χ1n) is 5.83. The zero-order chi connectivity index (χ0) is 10.8. The van der Waals surface area contributed by atoms with Crippen molar-refractivity contribution in [3.63, 3.8) is 0 Å². The molecule has 0 saturated heterocycles. The number of hydrogen-bond acceptors (Lipinski definition) is 3. The van der Waals surface area contributed by atoms with Crippen molar-refractivity contribution in [2.45, 2.75) is 52.0 Å². The Morgan fingerprint density at radius 1 is 1.27 bits per heavy atom. The van der Waals surface area contributed by atoms with Crippen LogP contribution in [0.3, 0.4) is 0 Å². The monoisotopic (exact) mass is 224 g/mol. The van der Waals surface area contributed by atoms with Crippen molar-refractivity contribution < 1.29 is 0 Å². The normalized spacial score (nSPS) is 26.9. The number of nitrogens with zero attached hydrogens (tertiary/aromatic N) is 1. The smallest absolute Gasteiger partial charge is 0.0933 e. The van der Waals surface area contributed by atoms with Crippen molar-refractivity contribution in [3.05, 3.63) is 15.6 Å². The number of aromatic nitrogens is 1. The maximum atomic E-state index is 5.91. The molecule has 1 aliphatic rings. The highest BCUT2D eigenvalue weighted by molar-refractivity contribution is 7.11. The first-order valence-corrected chi connectivity index (χ1v) is 6.65. The van der Waals surface area contributed by atoms with Crippen LogP contribution in [-0.2, 0) is 6.42 Å². The molecule has 0 aromatic carbocycles. The zero-order valence-electron chi connectivity index (χ0n) is 9.62. The average molecular weight is 224 g/mol. The summed E-state index contributed by atoms with van der Waals surface area (Å²) in [7, 11) is 0. The van der Waals surface area contributed by atoms with Crippen molar-refractivity contribution in [2.75, 3.05) is 0 Å². The third-order valence-corrected chi connectivity index (χ3v) is 4.52. The van der Waals surface area contributed by atoms with E-state index >= 15 is 0 Å². The van der Waals surface area contributed by atoms with Crippen molar-refractivity contribution in [1.82, 2.24) is 4.98 Å². The maximum absolute atomic E-state index is 5.91. The molecule has 1 fully saturated rings. The summed E-state index contributed by atoms with van der Waals surface area (Å²) in [6.07, 6.45) is 6.16. The third-order valence-electron chi connectivity index (χ3n) is 3.43. The van der Waals surface area contributed by atoms with Crippen LogP contribution in [0.2, 0.25) is 0 Å². The van der Waals surface area contributed by atoms with Crippen LogP contribution in [0, 0.1) is 19.8 Å². The first-order chi connectivity index (χ1) is 7.15. The molecule has 84 valence electrons. The summed E-state index contributed by atoms with van der Waals surface area (Å²) < 4.78 is 0. The van der Waals surface area contributed by atoms with Gasteiger partial charge in [-0.25, -0.2) is 4.98 Å². The molecule has 0 atom stereocenters. The van der Waals surface area contributed by atoms with E-state index in [-0.39, 0.29) is 0 Å². The molecule has 1 saturated carbocycles. The van der Waals surface area contributed by atoms with E-state index in [0.29, 0.717) is 6.04 Å². The van der Waals surface area contributed by atoms with Gasteiger partial charge in [0.2, 0.25) is 0 Å². The van der Waals surface area contributed by atoms with Crippen LogP contribution in [0.15, 0.2) is 0 Å². The van der Waals surface area contributed by atoms with Crippen LogP contribution in [0.1, 0.15) is 41.3 Å². The van der Waals surface area contributed by atoms with Gasteiger partial charge in [0.15, 0.2) is 0 Å². The quantitative estimate of drug-likeness (QED) is 0.839. The molecule has 0 amide bonds. The van der Waals surface area contributed by atoms with E-state index in [1.165, 1.54) is 47.7 Å². The lowest BCUT2D eigenvalue weighted by Crippen LogP contribution is -2.27. The molecule has 15 heavy (non-hydrogen) atoms.